The van der Waals surface area contributed by atoms with Gasteiger partial charge in [-0.25, -0.2) is 4.79 Å². The van der Waals surface area contributed by atoms with E-state index in [9.17, 15) is 9.59 Å². The first kappa shape index (κ1) is 32.3. The van der Waals surface area contributed by atoms with Crippen LogP contribution in [-0.2, 0) is 29.3 Å². The topological polar surface area (TPSA) is 86.3 Å². The number of thioether (sulfide) groups is 2. The molecule has 12 heteroatoms. The van der Waals surface area contributed by atoms with E-state index in [2.05, 4.69) is 16.8 Å². The summed E-state index contributed by atoms with van der Waals surface area (Å²) < 4.78 is 21.4. The molecule has 1 unspecified atom stereocenters. The largest absolute Gasteiger partial charge is 0.513 e. The van der Waals surface area contributed by atoms with Crippen molar-refractivity contribution in [3.05, 3.63) is 92.4 Å². The number of nitrogens with one attached hydrogen (secondary N) is 1. The SMILES string of the molecule is C=C(/C=C\SC)C1(c2ccc(N3CCOCC3)cc2)CC(OC(=O)OCCOC)=C(Sc2ccc(Cl)cc2Cl)C(=O)N1. The fourth-order valence-corrected chi connectivity index (χ4v) is 6.27. The number of ether oxygens (including phenoxy) is 4. The molecule has 1 fully saturated rings. The first-order chi connectivity index (χ1) is 20.3. The lowest BCUT2D eigenvalue weighted by atomic mass is 9.78. The van der Waals surface area contributed by atoms with E-state index in [-0.39, 0.29) is 30.3 Å². The van der Waals surface area contributed by atoms with E-state index in [1.807, 2.05) is 42.0 Å². The smallest absolute Gasteiger partial charge is 0.432 e. The van der Waals surface area contributed by atoms with Crippen LogP contribution in [0.5, 0.6) is 0 Å². The van der Waals surface area contributed by atoms with Gasteiger partial charge in [-0.3, -0.25) is 4.79 Å². The van der Waals surface area contributed by atoms with Crippen molar-refractivity contribution in [3.63, 3.8) is 0 Å². The Kier molecular flexibility index (Phi) is 11.7. The molecule has 224 valence electrons. The summed E-state index contributed by atoms with van der Waals surface area (Å²) in [5.74, 6) is -0.318. The average Bonchev–Trinajstić information content (AvgIpc) is 2.99. The second-order valence-electron chi connectivity index (χ2n) is 9.37. The van der Waals surface area contributed by atoms with Crippen LogP contribution in [-0.4, -0.2) is 64.9 Å². The Bertz CT molecular complexity index is 1360. The molecule has 0 spiro atoms. The van der Waals surface area contributed by atoms with Crippen LogP contribution in [0, 0.1) is 0 Å². The minimum absolute atomic E-state index is 0.00237. The molecule has 1 saturated heterocycles. The zero-order chi connectivity index (χ0) is 30.1. The number of rotatable bonds is 11. The second kappa shape index (κ2) is 15.2. The molecule has 4 rings (SSSR count). The summed E-state index contributed by atoms with van der Waals surface area (Å²) in [6.07, 6.45) is 2.94. The summed E-state index contributed by atoms with van der Waals surface area (Å²) in [6.45, 7) is 7.45. The van der Waals surface area contributed by atoms with Gasteiger partial charge in [0.25, 0.3) is 5.91 Å². The Labute approximate surface area is 264 Å². The Morgan fingerprint density at radius 3 is 2.57 bits per heavy atom. The maximum atomic E-state index is 13.9. The van der Waals surface area contributed by atoms with Gasteiger partial charge < -0.3 is 29.2 Å². The first-order valence-electron chi connectivity index (χ1n) is 13.1. The van der Waals surface area contributed by atoms with Gasteiger partial charge in [-0.2, -0.15) is 0 Å². The third kappa shape index (κ3) is 7.86. The fourth-order valence-electron chi connectivity index (χ4n) is 4.56. The van der Waals surface area contributed by atoms with Crippen LogP contribution in [0.1, 0.15) is 12.0 Å². The van der Waals surface area contributed by atoms with E-state index < -0.39 is 17.6 Å². The number of halogens is 2. The van der Waals surface area contributed by atoms with E-state index in [0.717, 1.165) is 36.1 Å². The molecule has 1 N–H and O–H groups in total. The van der Waals surface area contributed by atoms with Crippen molar-refractivity contribution in [2.24, 2.45) is 0 Å². The minimum Gasteiger partial charge on any atom is -0.432 e. The van der Waals surface area contributed by atoms with Gasteiger partial charge in [0.15, 0.2) is 0 Å². The van der Waals surface area contributed by atoms with Crippen LogP contribution in [0.2, 0.25) is 10.0 Å². The lowest BCUT2D eigenvalue weighted by Gasteiger charge is -2.40. The molecule has 0 saturated carbocycles. The highest BCUT2D eigenvalue weighted by atomic mass is 35.5. The monoisotopic (exact) mass is 650 g/mol. The molecule has 2 aromatic rings. The van der Waals surface area contributed by atoms with E-state index in [4.69, 9.17) is 42.1 Å². The summed E-state index contributed by atoms with van der Waals surface area (Å²) in [7, 11) is 1.50. The summed E-state index contributed by atoms with van der Waals surface area (Å²) in [5.41, 5.74) is 1.34. The zero-order valence-corrected chi connectivity index (χ0v) is 26.5. The predicted molar refractivity (Wildman–Crippen MR) is 169 cm³/mol. The van der Waals surface area contributed by atoms with Gasteiger partial charge in [0.05, 0.1) is 30.4 Å². The van der Waals surface area contributed by atoms with Crippen LogP contribution < -0.4 is 10.2 Å². The molecule has 1 atom stereocenters. The fraction of sp³-hybridized carbons (Fsp3) is 0.333. The standard InChI is InChI=1S/C30H32Cl2N2O6S2/c1-20(10-17-41-3)30(21-4-7-23(8-5-21)34-11-13-38-14-12-34)19-25(40-29(36)39-16-15-37-2)27(28(35)33-30)42-26-9-6-22(31)18-24(26)32/h4-10,17-18H,1,11-16,19H2,2-3H3,(H,33,35)/b17-10-. The molecule has 0 aliphatic carbocycles. The molecule has 0 radical (unpaired) electrons. The summed E-state index contributed by atoms with van der Waals surface area (Å²) >= 11 is 15.1. The van der Waals surface area contributed by atoms with Crippen molar-refractivity contribution in [1.82, 2.24) is 5.32 Å². The minimum atomic E-state index is -1.11. The maximum absolute atomic E-state index is 13.9. The van der Waals surface area contributed by atoms with Crippen molar-refractivity contribution < 1.29 is 28.5 Å². The van der Waals surface area contributed by atoms with Crippen molar-refractivity contribution in [1.29, 1.82) is 0 Å². The van der Waals surface area contributed by atoms with Crippen molar-refractivity contribution in [3.8, 4) is 0 Å². The number of hydrogen-bond donors (Lipinski definition) is 1. The Morgan fingerprint density at radius 1 is 1.17 bits per heavy atom. The Morgan fingerprint density at radius 2 is 1.90 bits per heavy atom. The van der Waals surface area contributed by atoms with Crippen LogP contribution in [0.3, 0.4) is 0 Å². The van der Waals surface area contributed by atoms with Gasteiger partial charge in [0, 0.05) is 42.2 Å². The highest BCUT2D eigenvalue weighted by Crippen LogP contribution is 2.45. The summed E-state index contributed by atoms with van der Waals surface area (Å²) in [6, 6.07) is 12.9. The summed E-state index contributed by atoms with van der Waals surface area (Å²) in [5, 5.41) is 5.88. The molecule has 1 amide bonds. The third-order valence-corrected chi connectivity index (χ3v) is 8.98. The van der Waals surface area contributed by atoms with E-state index >= 15 is 0 Å². The number of anilines is 1. The van der Waals surface area contributed by atoms with Gasteiger partial charge in [0.1, 0.15) is 17.3 Å². The van der Waals surface area contributed by atoms with E-state index in [1.54, 1.807) is 18.2 Å². The number of benzene rings is 2. The Balaban J connectivity index is 1.75. The molecule has 42 heavy (non-hydrogen) atoms. The van der Waals surface area contributed by atoms with Crippen molar-refractivity contribution >= 4 is 64.5 Å². The van der Waals surface area contributed by atoms with Gasteiger partial charge in [0.2, 0.25) is 0 Å². The summed E-state index contributed by atoms with van der Waals surface area (Å²) in [4.78, 5) is 29.6. The average molecular weight is 652 g/mol. The van der Waals surface area contributed by atoms with Crippen LogP contribution in [0.4, 0.5) is 10.5 Å². The molecule has 2 aliphatic heterocycles. The van der Waals surface area contributed by atoms with Crippen molar-refractivity contribution in [2.45, 2.75) is 16.9 Å². The van der Waals surface area contributed by atoms with Gasteiger partial charge in [-0.15, -0.1) is 11.8 Å². The molecule has 2 aromatic carbocycles. The number of methoxy groups -OCH3 is 1. The molecular weight excluding hydrogens is 619 g/mol. The third-order valence-electron chi connectivity index (χ3n) is 6.72. The van der Waals surface area contributed by atoms with Crippen LogP contribution in [0.25, 0.3) is 0 Å². The van der Waals surface area contributed by atoms with Gasteiger partial charge in [-0.1, -0.05) is 59.8 Å². The number of amides is 1. The number of carbonyl (C=O) groups excluding carboxylic acids is 2. The zero-order valence-electron chi connectivity index (χ0n) is 23.3. The lowest BCUT2D eigenvalue weighted by Crippen LogP contribution is -2.51. The van der Waals surface area contributed by atoms with Crippen LogP contribution >= 0.6 is 46.7 Å². The number of carbonyl (C=O) groups is 2. The number of hydrogen-bond acceptors (Lipinski definition) is 9. The van der Waals surface area contributed by atoms with Crippen LogP contribution in [0.15, 0.2) is 81.7 Å². The molecule has 8 nitrogen and oxygen atoms in total. The van der Waals surface area contributed by atoms with Crippen molar-refractivity contribution in [2.75, 3.05) is 57.8 Å². The van der Waals surface area contributed by atoms with E-state index in [0.29, 0.717) is 33.7 Å². The molecule has 2 heterocycles. The normalized spacial score (nSPS) is 19.1. The quantitative estimate of drug-likeness (QED) is 0.161. The highest BCUT2D eigenvalue weighted by molar-refractivity contribution is 8.04. The second-order valence-corrected chi connectivity index (χ2v) is 12.0. The number of morpholine rings is 1. The van der Waals surface area contributed by atoms with Gasteiger partial charge in [-0.05, 0) is 53.1 Å². The predicted octanol–water partition coefficient (Wildman–Crippen LogP) is 6.78. The maximum Gasteiger partial charge on any atom is 0.513 e. The van der Waals surface area contributed by atoms with E-state index in [1.165, 1.54) is 18.9 Å². The molecular formula is C30H32Cl2N2O6S2. The Hall–Kier alpha value is -2.60. The molecule has 0 bridgehead atoms. The van der Waals surface area contributed by atoms with Gasteiger partial charge >= 0.3 is 6.16 Å². The lowest BCUT2D eigenvalue weighted by molar-refractivity contribution is -0.119. The molecule has 0 aromatic heterocycles. The first-order valence-corrected chi connectivity index (χ1v) is 16.0. The highest BCUT2D eigenvalue weighted by Gasteiger charge is 2.44. The molecule has 2 aliphatic rings. The number of nitrogens with zero attached hydrogens (tertiary/aromatic N) is 1.